The maximum absolute atomic E-state index is 11.6. The number of nitrogens with one attached hydrogen (secondary N) is 1. The van der Waals surface area contributed by atoms with Crippen LogP contribution in [-0.2, 0) is 4.79 Å². The van der Waals surface area contributed by atoms with E-state index in [0.717, 1.165) is 43.1 Å². The minimum Gasteiger partial charge on any atom is -0.489 e. The van der Waals surface area contributed by atoms with Crippen LogP contribution in [0.4, 0.5) is 5.69 Å². The van der Waals surface area contributed by atoms with Crippen molar-refractivity contribution in [1.29, 1.82) is 5.26 Å². The van der Waals surface area contributed by atoms with E-state index in [0.29, 0.717) is 11.8 Å². The van der Waals surface area contributed by atoms with Gasteiger partial charge in [-0.3, -0.25) is 4.79 Å². The van der Waals surface area contributed by atoms with Gasteiger partial charge in [-0.15, -0.1) is 0 Å². The highest BCUT2D eigenvalue weighted by Crippen LogP contribution is 2.30. The van der Waals surface area contributed by atoms with E-state index in [1.54, 1.807) is 6.20 Å². The van der Waals surface area contributed by atoms with E-state index >= 15 is 0 Å². The lowest BCUT2D eigenvalue weighted by atomic mass is 10.1. The van der Waals surface area contributed by atoms with Crippen LogP contribution in [0.15, 0.2) is 42.6 Å². The molecular formula is C24H28N4O3. The Kier molecular flexibility index (Phi) is 6.56. The van der Waals surface area contributed by atoms with Crippen molar-refractivity contribution in [2.24, 2.45) is 5.92 Å². The highest BCUT2D eigenvalue weighted by Gasteiger charge is 2.25. The van der Waals surface area contributed by atoms with Crippen molar-refractivity contribution in [3.05, 3.63) is 48.2 Å². The molecule has 0 spiro atoms. The Morgan fingerprint density at radius 1 is 1.29 bits per heavy atom. The first-order valence-electron chi connectivity index (χ1n) is 10.9. The first-order chi connectivity index (χ1) is 15.1. The number of hydrogen-bond acceptors (Lipinski definition) is 6. The average molecular weight is 421 g/mol. The topological polar surface area (TPSA) is 87.5 Å². The minimum atomic E-state index is -0.265. The van der Waals surface area contributed by atoms with Crippen molar-refractivity contribution in [2.45, 2.75) is 44.8 Å². The van der Waals surface area contributed by atoms with Crippen molar-refractivity contribution in [3.8, 4) is 17.7 Å². The Hall–Kier alpha value is -3.27. The first-order valence-corrected chi connectivity index (χ1v) is 10.9. The van der Waals surface area contributed by atoms with Gasteiger partial charge in [0.1, 0.15) is 18.3 Å². The van der Waals surface area contributed by atoms with Gasteiger partial charge in [0, 0.05) is 30.9 Å². The lowest BCUT2D eigenvalue weighted by Gasteiger charge is -2.20. The second kappa shape index (κ2) is 9.69. The van der Waals surface area contributed by atoms with Crippen LogP contribution in [-0.4, -0.2) is 36.7 Å². The summed E-state index contributed by atoms with van der Waals surface area (Å²) in [4.78, 5) is 18.2. The van der Waals surface area contributed by atoms with Gasteiger partial charge in [0.05, 0.1) is 25.3 Å². The van der Waals surface area contributed by atoms with Gasteiger partial charge in [-0.1, -0.05) is 12.1 Å². The minimum absolute atomic E-state index is 0.114. The van der Waals surface area contributed by atoms with Crippen LogP contribution in [0.1, 0.15) is 44.2 Å². The molecule has 1 N–H and O–H groups in total. The number of ether oxygens (including phenoxy) is 2. The molecule has 2 atom stereocenters. The number of nitriles is 1. The van der Waals surface area contributed by atoms with Crippen molar-refractivity contribution >= 4 is 11.6 Å². The molecule has 1 aromatic carbocycles. The Morgan fingerprint density at radius 2 is 2.10 bits per heavy atom. The van der Waals surface area contributed by atoms with Crippen LogP contribution >= 0.6 is 0 Å². The molecular weight excluding hydrogens is 392 g/mol. The van der Waals surface area contributed by atoms with E-state index in [1.807, 2.05) is 49.4 Å². The number of anilines is 1. The van der Waals surface area contributed by atoms with Gasteiger partial charge in [-0.25, -0.2) is 4.98 Å². The van der Waals surface area contributed by atoms with E-state index in [-0.39, 0.29) is 24.5 Å². The van der Waals surface area contributed by atoms with E-state index in [2.05, 4.69) is 15.2 Å². The Labute approximate surface area is 183 Å². The molecule has 0 unspecified atom stereocenters. The molecule has 2 fully saturated rings. The van der Waals surface area contributed by atoms with Crippen LogP contribution in [0, 0.1) is 17.2 Å². The molecule has 162 valence electrons. The number of aromatic nitrogens is 1. The van der Waals surface area contributed by atoms with Gasteiger partial charge >= 0.3 is 0 Å². The van der Waals surface area contributed by atoms with Crippen LogP contribution in [0.2, 0.25) is 0 Å². The summed E-state index contributed by atoms with van der Waals surface area (Å²) < 4.78 is 12.0. The number of amides is 1. The highest BCUT2D eigenvalue weighted by molar-refractivity contribution is 5.78. The molecule has 31 heavy (non-hydrogen) atoms. The third kappa shape index (κ3) is 5.88. The largest absolute Gasteiger partial charge is 0.489 e. The van der Waals surface area contributed by atoms with Crippen LogP contribution < -0.4 is 19.7 Å². The van der Waals surface area contributed by atoms with Crippen LogP contribution in [0.5, 0.6) is 11.6 Å². The van der Waals surface area contributed by atoms with Gasteiger partial charge in [-0.05, 0) is 49.4 Å². The summed E-state index contributed by atoms with van der Waals surface area (Å²) in [5.41, 5.74) is 2.09. The summed E-state index contributed by atoms with van der Waals surface area (Å²) >= 11 is 0. The molecule has 2 heterocycles. The van der Waals surface area contributed by atoms with Crippen LogP contribution in [0.25, 0.3) is 0 Å². The monoisotopic (exact) mass is 420 g/mol. The fraction of sp³-hybridized carbons (Fsp3) is 0.458. The molecule has 2 aromatic rings. The quantitative estimate of drug-likeness (QED) is 0.667. The number of rotatable bonds is 9. The zero-order chi connectivity index (χ0) is 21.6. The zero-order valence-electron chi connectivity index (χ0n) is 17.8. The molecule has 4 rings (SSSR count). The SMILES string of the molecule is C[C@H](NC(=O)CC#N)c1ccc(O[C@@H]2CCN(c3ccnc(OCC4CC4)c3)C2)cc1. The smallest absolute Gasteiger partial charge is 0.234 e. The summed E-state index contributed by atoms with van der Waals surface area (Å²) in [5, 5.41) is 11.4. The van der Waals surface area contributed by atoms with Crippen LogP contribution in [0.3, 0.4) is 0 Å². The second-order valence-corrected chi connectivity index (χ2v) is 8.27. The molecule has 2 aliphatic rings. The van der Waals surface area contributed by atoms with Gasteiger partial charge in [0.15, 0.2) is 0 Å². The van der Waals surface area contributed by atoms with Gasteiger partial charge in [0.25, 0.3) is 0 Å². The predicted octanol–water partition coefficient (Wildman–Crippen LogP) is 3.62. The number of carbonyl (C=O) groups excluding carboxylic acids is 1. The number of carbonyl (C=O) groups is 1. The molecule has 7 nitrogen and oxygen atoms in total. The summed E-state index contributed by atoms with van der Waals surface area (Å²) in [6.45, 7) is 4.40. The molecule has 0 radical (unpaired) electrons. The zero-order valence-corrected chi connectivity index (χ0v) is 17.8. The number of benzene rings is 1. The molecule has 1 amide bonds. The molecule has 1 saturated heterocycles. The summed E-state index contributed by atoms with van der Waals surface area (Å²) in [7, 11) is 0. The number of hydrogen-bond donors (Lipinski definition) is 1. The molecule has 0 bridgehead atoms. The Bertz CT molecular complexity index is 937. The first kappa shape index (κ1) is 21.0. The second-order valence-electron chi connectivity index (χ2n) is 8.27. The lowest BCUT2D eigenvalue weighted by molar-refractivity contribution is -0.120. The summed E-state index contributed by atoms with van der Waals surface area (Å²) in [6.07, 6.45) is 5.27. The number of nitrogens with zero attached hydrogens (tertiary/aromatic N) is 3. The van der Waals surface area contributed by atoms with Gasteiger partial charge in [-0.2, -0.15) is 5.26 Å². The molecule has 1 aromatic heterocycles. The number of pyridine rings is 1. The third-order valence-electron chi connectivity index (χ3n) is 5.69. The van der Waals surface area contributed by atoms with Crippen molar-refractivity contribution < 1.29 is 14.3 Å². The maximum atomic E-state index is 11.6. The van der Waals surface area contributed by atoms with E-state index in [4.69, 9.17) is 14.7 Å². The van der Waals surface area contributed by atoms with E-state index in [1.165, 1.54) is 12.8 Å². The van der Waals surface area contributed by atoms with Gasteiger partial charge in [0.2, 0.25) is 11.8 Å². The Morgan fingerprint density at radius 3 is 2.84 bits per heavy atom. The van der Waals surface area contributed by atoms with Crippen molar-refractivity contribution in [3.63, 3.8) is 0 Å². The highest BCUT2D eigenvalue weighted by atomic mass is 16.5. The standard InChI is InChI=1S/C24H28N4O3/c1-17(27-23(29)8-11-25)19-4-6-21(7-5-19)31-22-10-13-28(15-22)20-9-12-26-24(14-20)30-16-18-2-3-18/h4-7,9,12,14,17-18,22H,2-3,8,10,13,15-16H2,1H3,(H,27,29)/t17-,22+/m0/s1. The van der Waals surface area contributed by atoms with Crippen molar-refractivity contribution in [1.82, 2.24) is 10.3 Å². The van der Waals surface area contributed by atoms with Crippen molar-refractivity contribution in [2.75, 3.05) is 24.6 Å². The molecule has 1 aliphatic carbocycles. The fourth-order valence-corrected chi connectivity index (χ4v) is 3.70. The fourth-order valence-electron chi connectivity index (χ4n) is 3.70. The summed E-state index contributed by atoms with van der Waals surface area (Å²) in [5.74, 6) is 1.95. The van der Waals surface area contributed by atoms with E-state index < -0.39 is 0 Å². The maximum Gasteiger partial charge on any atom is 0.234 e. The Balaban J connectivity index is 1.28. The third-order valence-corrected chi connectivity index (χ3v) is 5.69. The summed E-state index contributed by atoms with van der Waals surface area (Å²) in [6, 6.07) is 13.5. The predicted molar refractivity (Wildman–Crippen MR) is 117 cm³/mol. The lowest BCUT2D eigenvalue weighted by Crippen LogP contribution is -2.26. The molecule has 7 heteroatoms. The normalized spacial score (nSPS) is 18.8. The molecule has 1 saturated carbocycles. The van der Waals surface area contributed by atoms with E-state index in [9.17, 15) is 4.79 Å². The van der Waals surface area contributed by atoms with Gasteiger partial charge < -0.3 is 19.7 Å². The average Bonchev–Trinajstić information content (AvgIpc) is 3.49. The molecule has 1 aliphatic heterocycles.